The Hall–Kier alpha value is -2.13. The lowest BCUT2D eigenvalue weighted by atomic mass is 10.1. The van der Waals surface area contributed by atoms with Gasteiger partial charge in [-0.25, -0.2) is 4.79 Å². The Kier molecular flexibility index (Phi) is 5.14. The van der Waals surface area contributed by atoms with Crippen molar-refractivity contribution in [1.29, 1.82) is 0 Å². The molecule has 128 valence electrons. The molecule has 1 N–H and O–H groups in total. The van der Waals surface area contributed by atoms with Gasteiger partial charge in [-0.1, -0.05) is 17.7 Å². The fraction of sp³-hybridized carbons (Fsp3) is 0.214. The summed E-state index contributed by atoms with van der Waals surface area (Å²) >= 11 is 6.52. The number of methoxy groups -OCH3 is 1. The second kappa shape index (κ2) is 6.78. The quantitative estimate of drug-likeness (QED) is 0.814. The number of carbonyl (C=O) groups excluding carboxylic acids is 2. The van der Waals surface area contributed by atoms with Crippen LogP contribution in [0.2, 0.25) is 5.02 Å². The van der Waals surface area contributed by atoms with Crippen LogP contribution in [0.1, 0.15) is 32.0 Å². The lowest BCUT2D eigenvalue weighted by Crippen LogP contribution is -2.16. The Morgan fingerprint density at radius 1 is 1.33 bits per heavy atom. The molecule has 0 fully saturated rings. The maximum atomic E-state index is 12.9. The van der Waals surface area contributed by atoms with E-state index in [0.717, 1.165) is 36.8 Å². The number of anilines is 1. The maximum absolute atomic E-state index is 12.9. The minimum absolute atomic E-state index is 0.0407. The Morgan fingerprint density at radius 3 is 2.58 bits per heavy atom. The summed E-state index contributed by atoms with van der Waals surface area (Å²) in [6.07, 6.45) is -4.69. The molecule has 1 amide bonds. The van der Waals surface area contributed by atoms with E-state index in [1.807, 2.05) is 0 Å². The number of ether oxygens (including phenoxy) is 1. The Morgan fingerprint density at radius 2 is 2.00 bits per heavy atom. The Balaban J connectivity index is 2.37. The lowest BCUT2D eigenvalue weighted by molar-refractivity contribution is -0.137. The number of esters is 1. The average molecular weight is 379 g/mol. The highest BCUT2D eigenvalue weighted by Gasteiger charge is 2.35. The van der Waals surface area contributed by atoms with Crippen LogP contribution < -0.4 is 5.32 Å². The first kappa shape index (κ1) is 18.2. The summed E-state index contributed by atoms with van der Waals surface area (Å²) in [7, 11) is 1.16. The molecule has 0 aliphatic rings. The summed E-state index contributed by atoms with van der Waals surface area (Å²) in [5.74, 6) is -1.61. The molecule has 0 unspecified atom stereocenters. The number of aryl methyl sites for hydroxylation is 1. The molecule has 0 atom stereocenters. The number of alkyl halides is 3. The van der Waals surface area contributed by atoms with Gasteiger partial charge in [0.2, 0.25) is 0 Å². The summed E-state index contributed by atoms with van der Waals surface area (Å²) in [6.45, 7) is 1.54. The van der Waals surface area contributed by atoms with E-state index >= 15 is 0 Å². The number of benzene rings is 1. The summed E-state index contributed by atoms with van der Waals surface area (Å²) in [5.41, 5.74) is -1.12. The molecule has 0 spiro atoms. The summed E-state index contributed by atoms with van der Waals surface area (Å²) in [4.78, 5) is 24.0. The van der Waals surface area contributed by atoms with Crippen LogP contribution in [0.4, 0.5) is 18.2 Å². The molecular weight excluding hydrogens is 369 g/mol. The third kappa shape index (κ3) is 3.51. The number of carbonyl (C=O) groups is 2. The van der Waals surface area contributed by atoms with Gasteiger partial charge in [0.05, 0.1) is 29.0 Å². The van der Waals surface area contributed by atoms with E-state index in [1.54, 1.807) is 0 Å². The number of nitrogens with zero attached hydrogens (tertiary/aromatic N) is 1. The Labute approximate surface area is 143 Å². The van der Waals surface area contributed by atoms with Crippen molar-refractivity contribution < 1.29 is 27.5 Å². The smallest absolute Gasteiger partial charge is 0.417 e. The van der Waals surface area contributed by atoms with Crippen LogP contribution in [0.15, 0.2) is 18.2 Å². The summed E-state index contributed by atoms with van der Waals surface area (Å²) in [6, 6.07) is 3.00. The van der Waals surface area contributed by atoms with Crippen molar-refractivity contribution in [2.75, 3.05) is 12.4 Å². The SMILES string of the molecule is COC(=O)c1c(C)nsc1NC(=O)c1cccc(C(F)(F)F)c1Cl. The van der Waals surface area contributed by atoms with E-state index in [4.69, 9.17) is 11.6 Å². The minimum atomic E-state index is -4.69. The highest BCUT2D eigenvalue weighted by Crippen LogP contribution is 2.36. The van der Waals surface area contributed by atoms with E-state index in [9.17, 15) is 22.8 Å². The third-order valence-electron chi connectivity index (χ3n) is 3.03. The van der Waals surface area contributed by atoms with Crippen molar-refractivity contribution >= 4 is 40.0 Å². The molecule has 5 nitrogen and oxygen atoms in total. The molecule has 1 aromatic heterocycles. The predicted octanol–water partition coefficient (Wildman–Crippen LogP) is 4.16. The molecule has 10 heteroatoms. The molecule has 2 aromatic rings. The monoisotopic (exact) mass is 378 g/mol. The normalized spacial score (nSPS) is 11.2. The fourth-order valence-electron chi connectivity index (χ4n) is 1.89. The average Bonchev–Trinajstić information content (AvgIpc) is 2.86. The first-order valence-electron chi connectivity index (χ1n) is 6.38. The number of rotatable bonds is 3. The van der Waals surface area contributed by atoms with E-state index in [1.165, 1.54) is 6.92 Å². The fourth-order valence-corrected chi connectivity index (χ4v) is 2.99. The zero-order valence-electron chi connectivity index (χ0n) is 12.3. The van der Waals surface area contributed by atoms with Gasteiger partial charge < -0.3 is 10.1 Å². The van der Waals surface area contributed by atoms with Gasteiger partial charge in [-0.2, -0.15) is 17.5 Å². The summed E-state index contributed by atoms with van der Waals surface area (Å²) < 4.78 is 47.1. The second-order valence-electron chi connectivity index (χ2n) is 4.58. The largest absolute Gasteiger partial charge is 0.465 e. The molecule has 2 rings (SSSR count). The molecular formula is C14H10ClF3N2O3S. The number of nitrogens with one attached hydrogen (secondary N) is 1. The van der Waals surface area contributed by atoms with Crippen LogP contribution in [0, 0.1) is 6.92 Å². The van der Waals surface area contributed by atoms with Crippen molar-refractivity contribution in [1.82, 2.24) is 4.37 Å². The van der Waals surface area contributed by atoms with Crippen molar-refractivity contribution in [3.8, 4) is 0 Å². The number of halogens is 4. The first-order valence-corrected chi connectivity index (χ1v) is 7.53. The van der Waals surface area contributed by atoms with Gasteiger partial charge in [0.1, 0.15) is 10.6 Å². The van der Waals surface area contributed by atoms with Gasteiger partial charge in [0.15, 0.2) is 0 Å². The highest BCUT2D eigenvalue weighted by molar-refractivity contribution is 7.11. The van der Waals surface area contributed by atoms with Crippen LogP contribution in [0.25, 0.3) is 0 Å². The van der Waals surface area contributed by atoms with Crippen LogP contribution in [0.3, 0.4) is 0 Å². The number of amides is 1. The third-order valence-corrected chi connectivity index (χ3v) is 4.29. The van der Waals surface area contributed by atoms with Gasteiger partial charge in [0.25, 0.3) is 5.91 Å². The van der Waals surface area contributed by atoms with Crippen molar-refractivity contribution in [3.05, 3.63) is 45.6 Å². The Bertz CT molecular complexity index is 805. The second-order valence-corrected chi connectivity index (χ2v) is 5.73. The van der Waals surface area contributed by atoms with E-state index in [0.29, 0.717) is 5.69 Å². The van der Waals surface area contributed by atoms with Crippen molar-refractivity contribution in [2.24, 2.45) is 0 Å². The van der Waals surface area contributed by atoms with Gasteiger partial charge in [-0.3, -0.25) is 4.79 Å². The van der Waals surface area contributed by atoms with Gasteiger partial charge in [-0.15, -0.1) is 0 Å². The minimum Gasteiger partial charge on any atom is -0.465 e. The van der Waals surface area contributed by atoms with Crippen LogP contribution in [-0.2, 0) is 10.9 Å². The van der Waals surface area contributed by atoms with Crippen molar-refractivity contribution in [2.45, 2.75) is 13.1 Å². The lowest BCUT2D eigenvalue weighted by Gasteiger charge is -2.12. The molecule has 1 heterocycles. The van der Waals surface area contributed by atoms with Gasteiger partial charge in [-0.05, 0) is 30.6 Å². The maximum Gasteiger partial charge on any atom is 0.417 e. The molecule has 0 saturated carbocycles. The van der Waals surface area contributed by atoms with Crippen LogP contribution >= 0.6 is 23.1 Å². The first-order chi connectivity index (χ1) is 11.2. The molecule has 24 heavy (non-hydrogen) atoms. The number of hydrogen-bond acceptors (Lipinski definition) is 5. The van der Waals surface area contributed by atoms with Gasteiger partial charge >= 0.3 is 12.1 Å². The van der Waals surface area contributed by atoms with Crippen LogP contribution in [-0.4, -0.2) is 23.4 Å². The van der Waals surface area contributed by atoms with Crippen LogP contribution in [0.5, 0.6) is 0 Å². The zero-order valence-corrected chi connectivity index (χ0v) is 13.9. The molecule has 0 aliphatic heterocycles. The molecule has 0 radical (unpaired) electrons. The molecule has 0 bridgehead atoms. The zero-order chi connectivity index (χ0) is 18.1. The standard InChI is InChI=1S/C14H10ClF3N2O3S/c1-6-9(13(22)23-2)12(24-20-6)19-11(21)7-4-3-5-8(10(7)15)14(16,17)18/h3-5H,1-2H3,(H,19,21). The number of aromatic nitrogens is 1. The molecule has 0 aliphatic carbocycles. The number of hydrogen-bond donors (Lipinski definition) is 1. The molecule has 1 aromatic carbocycles. The van der Waals surface area contributed by atoms with E-state index in [2.05, 4.69) is 14.4 Å². The highest BCUT2D eigenvalue weighted by atomic mass is 35.5. The molecule has 0 saturated heterocycles. The summed E-state index contributed by atoms with van der Waals surface area (Å²) in [5, 5.41) is 1.70. The van der Waals surface area contributed by atoms with E-state index < -0.39 is 28.6 Å². The topological polar surface area (TPSA) is 68.3 Å². The van der Waals surface area contributed by atoms with Crippen molar-refractivity contribution in [3.63, 3.8) is 0 Å². The van der Waals surface area contributed by atoms with Gasteiger partial charge in [0, 0.05) is 0 Å². The predicted molar refractivity (Wildman–Crippen MR) is 82.6 cm³/mol. The van der Waals surface area contributed by atoms with E-state index in [-0.39, 0.29) is 16.1 Å².